The molecule has 1 unspecified atom stereocenters. The second kappa shape index (κ2) is 7.12. The Balaban J connectivity index is 2.67. The Labute approximate surface area is 112 Å². The normalized spacial score (nSPS) is 13.1. The van der Waals surface area contributed by atoms with Crippen LogP contribution in [0.2, 0.25) is 0 Å². The van der Waals surface area contributed by atoms with Crippen LogP contribution in [0.15, 0.2) is 22.7 Å². The van der Waals surface area contributed by atoms with Crippen molar-refractivity contribution in [3.05, 3.63) is 34.1 Å². The molecule has 1 aromatic rings. The molecule has 0 bridgehead atoms. The Bertz CT molecular complexity index is 352. The maximum atomic E-state index is 13.1. The van der Waals surface area contributed by atoms with Crippen LogP contribution in [0.5, 0.6) is 0 Å². The number of hydrogen-bond acceptors (Lipinski definition) is 1. The molecule has 17 heavy (non-hydrogen) atoms. The third-order valence-electron chi connectivity index (χ3n) is 2.81. The van der Waals surface area contributed by atoms with Crippen LogP contribution in [0, 0.1) is 17.7 Å². The first kappa shape index (κ1) is 14.7. The van der Waals surface area contributed by atoms with Gasteiger partial charge in [-0.2, -0.15) is 0 Å². The highest BCUT2D eigenvalue weighted by molar-refractivity contribution is 9.10. The van der Waals surface area contributed by atoms with Crippen LogP contribution in [0.1, 0.15) is 25.8 Å². The van der Waals surface area contributed by atoms with Gasteiger partial charge in [-0.1, -0.05) is 19.9 Å². The van der Waals surface area contributed by atoms with Gasteiger partial charge in [0.05, 0.1) is 4.47 Å². The second-order valence-electron chi connectivity index (χ2n) is 5.01. The van der Waals surface area contributed by atoms with E-state index >= 15 is 0 Å². The molecular formula is C14H21BrFN. The van der Waals surface area contributed by atoms with Crippen molar-refractivity contribution in [2.24, 2.45) is 11.8 Å². The van der Waals surface area contributed by atoms with E-state index in [2.05, 4.69) is 35.1 Å². The lowest BCUT2D eigenvalue weighted by Gasteiger charge is -2.19. The summed E-state index contributed by atoms with van der Waals surface area (Å²) in [6.45, 7) is 5.49. The molecule has 1 N–H and O–H groups in total. The minimum Gasteiger partial charge on any atom is -0.319 e. The highest BCUT2D eigenvalue weighted by Crippen LogP contribution is 2.21. The Morgan fingerprint density at radius 2 is 2.06 bits per heavy atom. The molecule has 0 radical (unpaired) electrons. The highest BCUT2D eigenvalue weighted by Gasteiger charge is 2.12. The van der Waals surface area contributed by atoms with E-state index in [4.69, 9.17) is 0 Å². The van der Waals surface area contributed by atoms with Gasteiger partial charge in [0.2, 0.25) is 0 Å². The number of hydrogen-bond donors (Lipinski definition) is 1. The van der Waals surface area contributed by atoms with Crippen molar-refractivity contribution in [1.29, 1.82) is 0 Å². The van der Waals surface area contributed by atoms with Crippen molar-refractivity contribution in [2.75, 3.05) is 13.6 Å². The molecule has 3 heteroatoms. The van der Waals surface area contributed by atoms with Gasteiger partial charge in [0.25, 0.3) is 0 Å². The molecule has 0 aliphatic rings. The molecule has 0 spiro atoms. The molecule has 0 aliphatic heterocycles. The number of nitrogens with one attached hydrogen (secondary N) is 1. The fraction of sp³-hybridized carbons (Fsp3) is 0.571. The molecule has 0 heterocycles. The average molecular weight is 302 g/mol. The molecule has 1 aromatic carbocycles. The summed E-state index contributed by atoms with van der Waals surface area (Å²) in [5.74, 6) is 1.11. The summed E-state index contributed by atoms with van der Waals surface area (Å²) in [5.41, 5.74) is 1.19. The maximum Gasteiger partial charge on any atom is 0.137 e. The first-order valence-electron chi connectivity index (χ1n) is 6.11. The molecule has 0 aliphatic carbocycles. The van der Waals surface area contributed by atoms with Crippen LogP contribution < -0.4 is 5.32 Å². The quantitative estimate of drug-likeness (QED) is 0.837. The van der Waals surface area contributed by atoms with E-state index in [1.54, 1.807) is 0 Å². The van der Waals surface area contributed by atoms with Crippen LogP contribution in [0.3, 0.4) is 0 Å². The monoisotopic (exact) mass is 301 g/mol. The lowest BCUT2D eigenvalue weighted by Crippen LogP contribution is -2.22. The second-order valence-corrected chi connectivity index (χ2v) is 5.86. The van der Waals surface area contributed by atoms with E-state index < -0.39 is 0 Å². The predicted molar refractivity (Wildman–Crippen MR) is 74.7 cm³/mol. The standard InChI is InChI=1S/C14H21BrFN/c1-10(2)6-12(9-17-3)7-11-4-5-14(16)13(15)8-11/h4-5,8,10,12,17H,6-7,9H2,1-3H3. The van der Waals surface area contributed by atoms with E-state index in [-0.39, 0.29) is 5.82 Å². The lowest BCUT2D eigenvalue weighted by molar-refractivity contribution is 0.395. The molecular weight excluding hydrogens is 281 g/mol. The van der Waals surface area contributed by atoms with Gasteiger partial charge in [-0.05, 0) is 71.9 Å². The molecule has 0 fully saturated rings. The number of halogens is 2. The van der Waals surface area contributed by atoms with Gasteiger partial charge in [0.1, 0.15) is 5.82 Å². The van der Waals surface area contributed by atoms with Gasteiger partial charge in [0, 0.05) is 0 Å². The lowest BCUT2D eigenvalue weighted by atomic mass is 9.91. The molecule has 0 saturated carbocycles. The van der Waals surface area contributed by atoms with Crippen LogP contribution in [-0.2, 0) is 6.42 Å². The van der Waals surface area contributed by atoms with Gasteiger partial charge in [-0.15, -0.1) is 0 Å². The van der Waals surface area contributed by atoms with Crippen molar-refractivity contribution >= 4 is 15.9 Å². The summed E-state index contributed by atoms with van der Waals surface area (Å²) in [5, 5.41) is 3.23. The van der Waals surface area contributed by atoms with E-state index in [1.807, 2.05) is 19.2 Å². The Morgan fingerprint density at radius 3 is 2.59 bits per heavy atom. The third-order valence-corrected chi connectivity index (χ3v) is 3.41. The smallest absolute Gasteiger partial charge is 0.137 e. The van der Waals surface area contributed by atoms with Crippen LogP contribution in [0.4, 0.5) is 4.39 Å². The molecule has 1 nitrogen and oxygen atoms in total. The van der Waals surface area contributed by atoms with Crippen LogP contribution >= 0.6 is 15.9 Å². The van der Waals surface area contributed by atoms with E-state index in [0.29, 0.717) is 16.3 Å². The van der Waals surface area contributed by atoms with E-state index in [0.717, 1.165) is 13.0 Å². The summed E-state index contributed by atoms with van der Waals surface area (Å²) in [4.78, 5) is 0. The van der Waals surface area contributed by atoms with Crippen molar-refractivity contribution in [3.63, 3.8) is 0 Å². The number of benzene rings is 1. The zero-order valence-electron chi connectivity index (χ0n) is 10.8. The average Bonchev–Trinajstić information content (AvgIpc) is 2.23. The highest BCUT2D eigenvalue weighted by atomic mass is 79.9. The Kier molecular flexibility index (Phi) is 6.14. The first-order valence-corrected chi connectivity index (χ1v) is 6.90. The summed E-state index contributed by atoms with van der Waals surface area (Å²) >= 11 is 3.24. The first-order chi connectivity index (χ1) is 8.02. The van der Waals surface area contributed by atoms with Crippen molar-refractivity contribution in [3.8, 4) is 0 Å². The zero-order chi connectivity index (χ0) is 12.8. The summed E-state index contributed by atoms with van der Waals surface area (Å²) in [6.07, 6.45) is 2.19. The van der Waals surface area contributed by atoms with E-state index in [9.17, 15) is 4.39 Å². The summed E-state index contributed by atoms with van der Waals surface area (Å²) in [7, 11) is 1.98. The van der Waals surface area contributed by atoms with Crippen LogP contribution in [-0.4, -0.2) is 13.6 Å². The van der Waals surface area contributed by atoms with Gasteiger partial charge in [-0.3, -0.25) is 0 Å². The van der Waals surface area contributed by atoms with Crippen molar-refractivity contribution < 1.29 is 4.39 Å². The van der Waals surface area contributed by atoms with Gasteiger partial charge >= 0.3 is 0 Å². The Hall–Kier alpha value is -0.410. The van der Waals surface area contributed by atoms with E-state index in [1.165, 1.54) is 18.1 Å². The topological polar surface area (TPSA) is 12.0 Å². The van der Waals surface area contributed by atoms with Crippen molar-refractivity contribution in [1.82, 2.24) is 5.32 Å². The molecule has 96 valence electrons. The molecule has 1 atom stereocenters. The molecule has 0 amide bonds. The zero-order valence-corrected chi connectivity index (χ0v) is 12.3. The number of rotatable bonds is 6. The molecule has 1 rings (SSSR count). The van der Waals surface area contributed by atoms with Gasteiger partial charge in [0.15, 0.2) is 0 Å². The molecule has 0 aromatic heterocycles. The minimum absolute atomic E-state index is 0.192. The van der Waals surface area contributed by atoms with Crippen molar-refractivity contribution in [2.45, 2.75) is 26.7 Å². The third kappa shape index (κ3) is 5.17. The maximum absolute atomic E-state index is 13.1. The molecule has 0 saturated heterocycles. The largest absolute Gasteiger partial charge is 0.319 e. The summed E-state index contributed by atoms with van der Waals surface area (Å²) < 4.78 is 13.7. The fourth-order valence-corrected chi connectivity index (χ4v) is 2.62. The predicted octanol–water partition coefficient (Wildman–Crippen LogP) is 4.01. The summed E-state index contributed by atoms with van der Waals surface area (Å²) in [6, 6.07) is 5.30. The van der Waals surface area contributed by atoms with Crippen LogP contribution in [0.25, 0.3) is 0 Å². The van der Waals surface area contributed by atoms with Gasteiger partial charge in [-0.25, -0.2) is 4.39 Å². The SMILES string of the molecule is CNCC(Cc1ccc(F)c(Br)c1)CC(C)C. The minimum atomic E-state index is -0.192. The van der Waals surface area contributed by atoms with Gasteiger partial charge < -0.3 is 5.32 Å². The fourth-order valence-electron chi connectivity index (χ4n) is 2.19. The Morgan fingerprint density at radius 1 is 1.35 bits per heavy atom.